The van der Waals surface area contributed by atoms with E-state index in [4.69, 9.17) is 19.6 Å². The van der Waals surface area contributed by atoms with Crippen molar-refractivity contribution in [2.75, 3.05) is 44.7 Å². The van der Waals surface area contributed by atoms with E-state index in [2.05, 4.69) is 48.2 Å². The van der Waals surface area contributed by atoms with E-state index in [-0.39, 0.29) is 17.9 Å². The lowest BCUT2D eigenvalue weighted by atomic mass is 10.0. The van der Waals surface area contributed by atoms with Gasteiger partial charge in [0.1, 0.15) is 17.3 Å². The van der Waals surface area contributed by atoms with Crippen LogP contribution in [-0.2, 0) is 22.4 Å². The first kappa shape index (κ1) is 23.0. The van der Waals surface area contributed by atoms with Crippen LogP contribution in [0.1, 0.15) is 49.6 Å². The normalized spacial score (nSPS) is 17.1. The Morgan fingerprint density at radius 3 is 2.59 bits per heavy atom. The van der Waals surface area contributed by atoms with Crippen LogP contribution < -0.4 is 10.6 Å². The Morgan fingerprint density at radius 1 is 1.31 bits per heavy atom. The molecular formula is C20H33N5O4. The molecule has 9 nitrogen and oxygen atoms in total. The van der Waals surface area contributed by atoms with Crippen LogP contribution in [0.4, 0.5) is 5.82 Å². The number of amides is 1. The van der Waals surface area contributed by atoms with Crippen molar-refractivity contribution >= 4 is 18.2 Å². The van der Waals surface area contributed by atoms with Crippen molar-refractivity contribution in [3.63, 3.8) is 0 Å². The number of ether oxygens (including phenoxy) is 1. The average Bonchev–Trinajstić information content (AvgIpc) is 2.68. The number of carbonyl (C=O) groups is 2. The summed E-state index contributed by atoms with van der Waals surface area (Å²) in [5.41, 5.74) is 1.46. The quantitative estimate of drug-likeness (QED) is 0.602. The predicted molar refractivity (Wildman–Crippen MR) is 110 cm³/mol. The summed E-state index contributed by atoms with van der Waals surface area (Å²) in [4.78, 5) is 32.4. The molecule has 0 spiro atoms. The Morgan fingerprint density at radius 2 is 1.97 bits per heavy atom. The number of carbonyl (C=O) groups excluding carboxylic acids is 1. The molecule has 1 fully saturated rings. The highest BCUT2D eigenvalue weighted by molar-refractivity contribution is 5.96. The number of anilines is 1. The SMILES string of the molecule is CC(C)Cc1nc(NCC(C)(C)N2CCOCC2)c2c(n1)C(=O)NCC2.O=CO. The molecule has 162 valence electrons. The van der Waals surface area contributed by atoms with Gasteiger partial charge >= 0.3 is 0 Å². The number of rotatable bonds is 6. The minimum absolute atomic E-state index is 0.0171. The second-order valence-electron chi connectivity index (χ2n) is 8.29. The summed E-state index contributed by atoms with van der Waals surface area (Å²) in [5, 5.41) is 13.3. The molecule has 3 rings (SSSR count). The lowest BCUT2D eigenvalue weighted by Gasteiger charge is -2.41. The first-order chi connectivity index (χ1) is 13.8. The predicted octanol–water partition coefficient (Wildman–Crippen LogP) is 1.18. The highest BCUT2D eigenvalue weighted by Crippen LogP contribution is 2.23. The zero-order valence-corrected chi connectivity index (χ0v) is 17.8. The lowest BCUT2D eigenvalue weighted by molar-refractivity contribution is -0.122. The summed E-state index contributed by atoms with van der Waals surface area (Å²) in [6, 6.07) is 0. The molecule has 0 radical (unpaired) electrons. The molecule has 1 amide bonds. The van der Waals surface area contributed by atoms with Gasteiger partial charge in [0.25, 0.3) is 12.4 Å². The van der Waals surface area contributed by atoms with Crippen LogP contribution in [0.2, 0.25) is 0 Å². The molecule has 1 aromatic rings. The Kier molecular flexibility index (Phi) is 8.33. The number of hydrogen-bond donors (Lipinski definition) is 3. The molecule has 3 N–H and O–H groups in total. The van der Waals surface area contributed by atoms with E-state index in [1.165, 1.54) is 0 Å². The monoisotopic (exact) mass is 407 g/mol. The van der Waals surface area contributed by atoms with Crippen LogP contribution in [0.15, 0.2) is 0 Å². The Balaban J connectivity index is 0.000000941. The largest absolute Gasteiger partial charge is 0.483 e. The van der Waals surface area contributed by atoms with Crippen molar-refractivity contribution in [3.05, 3.63) is 17.1 Å². The van der Waals surface area contributed by atoms with Crippen LogP contribution in [0.3, 0.4) is 0 Å². The second kappa shape index (κ2) is 10.5. The second-order valence-corrected chi connectivity index (χ2v) is 8.29. The minimum atomic E-state index is -0.250. The zero-order valence-electron chi connectivity index (χ0n) is 17.8. The smallest absolute Gasteiger partial charge is 0.290 e. The molecule has 0 unspecified atom stereocenters. The van der Waals surface area contributed by atoms with Crippen molar-refractivity contribution < 1.29 is 19.4 Å². The molecule has 1 saturated heterocycles. The van der Waals surface area contributed by atoms with Crippen molar-refractivity contribution in [2.24, 2.45) is 5.92 Å². The van der Waals surface area contributed by atoms with E-state index < -0.39 is 0 Å². The minimum Gasteiger partial charge on any atom is -0.483 e. The van der Waals surface area contributed by atoms with E-state index in [1.807, 2.05) is 0 Å². The number of morpholine rings is 1. The first-order valence-electron chi connectivity index (χ1n) is 10.1. The van der Waals surface area contributed by atoms with Crippen LogP contribution >= 0.6 is 0 Å². The van der Waals surface area contributed by atoms with E-state index in [0.717, 1.165) is 62.9 Å². The summed E-state index contributed by atoms with van der Waals surface area (Å²) in [7, 11) is 0. The highest BCUT2D eigenvalue weighted by atomic mass is 16.5. The number of fused-ring (bicyclic) bond motifs is 1. The molecule has 2 aliphatic rings. The summed E-state index contributed by atoms with van der Waals surface area (Å²) in [5.74, 6) is 1.91. The molecule has 0 atom stereocenters. The Hall–Kier alpha value is -2.26. The maximum absolute atomic E-state index is 12.3. The Bertz CT molecular complexity index is 702. The van der Waals surface area contributed by atoms with Gasteiger partial charge < -0.3 is 20.5 Å². The van der Waals surface area contributed by atoms with Crippen molar-refractivity contribution in [2.45, 2.75) is 46.1 Å². The molecule has 2 aliphatic heterocycles. The maximum Gasteiger partial charge on any atom is 0.290 e. The van der Waals surface area contributed by atoms with Gasteiger partial charge in [0.15, 0.2) is 0 Å². The van der Waals surface area contributed by atoms with Gasteiger partial charge in [-0.1, -0.05) is 13.8 Å². The lowest BCUT2D eigenvalue weighted by Crippen LogP contribution is -2.53. The van der Waals surface area contributed by atoms with Crippen molar-refractivity contribution in [1.82, 2.24) is 20.2 Å². The van der Waals surface area contributed by atoms with Gasteiger partial charge in [0.05, 0.1) is 13.2 Å². The van der Waals surface area contributed by atoms with Gasteiger partial charge in [-0.3, -0.25) is 14.5 Å². The summed E-state index contributed by atoms with van der Waals surface area (Å²) in [6.07, 6.45) is 1.53. The fourth-order valence-corrected chi connectivity index (χ4v) is 3.52. The van der Waals surface area contributed by atoms with E-state index >= 15 is 0 Å². The summed E-state index contributed by atoms with van der Waals surface area (Å²) >= 11 is 0. The van der Waals surface area contributed by atoms with Crippen LogP contribution in [0.25, 0.3) is 0 Å². The van der Waals surface area contributed by atoms with E-state index in [9.17, 15) is 4.79 Å². The van der Waals surface area contributed by atoms with Gasteiger partial charge in [0, 0.05) is 43.7 Å². The van der Waals surface area contributed by atoms with Gasteiger partial charge in [-0.25, -0.2) is 9.97 Å². The third kappa shape index (κ3) is 6.37. The molecule has 0 aromatic carbocycles. The molecule has 0 aliphatic carbocycles. The molecular weight excluding hydrogens is 374 g/mol. The number of hydrogen-bond acceptors (Lipinski definition) is 7. The van der Waals surface area contributed by atoms with Gasteiger partial charge in [0.2, 0.25) is 0 Å². The maximum atomic E-state index is 12.3. The number of nitrogens with zero attached hydrogens (tertiary/aromatic N) is 3. The fraction of sp³-hybridized carbons (Fsp3) is 0.700. The fourth-order valence-electron chi connectivity index (χ4n) is 3.52. The topological polar surface area (TPSA) is 117 Å². The standard InChI is InChI=1S/C19H31N5O2.CH2O2/c1-13(2)11-15-22-16-14(5-6-20-18(16)25)17(23-15)21-12-19(3,4)24-7-9-26-10-8-24;2-1-3/h13H,5-12H2,1-4H3,(H,20,25)(H,21,22,23);1H,(H,2,3). The average molecular weight is 408 g/mol. The summed E-state index contributed by atoms with van der Waals surface area (Å²) < 4.78 is 5.47. The highest BCUT2D eigenvalue weighted by Gasteiger charge is 2.30. The number of carboxylic acid groups (broad SMARTS) is 1. The number of aromatic nitrogens is 2. The van der Waals surface area contributed by atoms with Crippen molar-refractivity contribution in [1.29, 1.82) is 0 Å². The van der Waals surface area contributed by atoms with E-state index in [1.54, 1.807) is 0 Å². The molecule has 9 heteroatoms. The van der Waals surface area contributed by atoms with Crippen LogP contribution in [0.5, 0.6) is 0 Å². The molecule has 0 saturated carbocycles. The third-order valence-electron chi connectivity index (χ3n) is 5.08. The number of nitrogens with one attached hydrogen (secondary N) is 2. The Labute approximate surface area is 172 Å². The van der Waals surface area contributed by atoms with Crippen LogP contribution in [0, 0.1) is 5.92 Å². The van der Waals surface area contributed by atoms with Crippen LogP contribution in [-0.4, -0.2) is 77.3 Å². The molecule has 0 bridgehead atoms. The van der Waals surface area contributed by atoms with Gasteiger partial charge in [-0.15, -0.1) is 0 Å². The zero-order chi connectivity index (χ0) is 21.4. The van der Waals surface area contributed by atoms with Gasteiger partial charge in [-0.05, 0) is 26.2 Å². The first-order valence-corrected chi connectivity index (χ1v) is 10.1. The molecule has 3 heterocycles. The molecule has 1 aromatic heterocycles. The van der Waals surface area contributed by atoms with Crippen molar-refractivity contribution in [3.8, 4) is 0 Å². The third-order valence-corrected chi connectivity index (χ3v) is 5.08. The van der Waals surface area contributed by atoms with Gasteiger partial charge in [-0.2, -0.15) is 0 Å². The molecule has 29 heavy (non-hydrogen) atoms. The van der Waals surface area contributed by atoms with E-state index in [0.29, 0.717) is 18.2 Å². The summed E-state index contributed by atoms with van der Waals surface area (Å²) in [6.45, 7) is 13.3.